The molecule has 1 fully saturated rings. The van der Waals surface area contributed by atoms with Crippen LogP contribution in [0.1, 0.15) is 15.9 Å². The molecule has 9 nitrogen and oxygen atoms in total. The molecule has 0 atom stereocenters. The van der Waals surface area contributed by atoms with E-state index in [1.807, 2.05) is 0 Å². The van der Waals surface area contributed by atoms with E-state index in [9.17, 15) is 36.5 Å². The molecule has 1 aliphatic rings. The fourth-order valence-corrected chi connectivity index (χ4v) is 4.96. The highest BCUT2D eigenvalue weighted by atomic mass is 35.5. The fraction of sp³-hybridized carbons (Fsp3) is 0.350. The van der Waals surface area contributed by atoms with Crippen LogP contribution in [-0.2, 0) is 16.2 Å². The normalized spacial score (nSPS) is 15.2. The molecule has 184 valence electrons. The van der Waals surface area contributed by atoms with Crippen molar-refractivity contribution in [2.45, 2.75) is 6.18 Å². The molecule has 0 spiro atoms. The van der Waals surface area contributed by atoms with Crippen LogP contribution >= 0.6 is 11.6 Å². The summed E-state index contributed by atoms with van der Waals surface area (Å²) < 4.78 is 65.3. The number of anilines is 1. The first-order valence-electron chi connectivity index (χ1n) is 10.0. The molecule has 2 aromatic carbocycles. The third-order valence-electron chi connectivity index (χ3n) is 5.22. The maximum atomic E-state index is 12.9. The Balaban J connectivity index is 1.55. The molecule has 1 N–H and O–H groups in total. The van der Waals surface area contributed by atoms with Gasteiger partial charge in [0.15, 0.2) is 0 Å². The summed E-state index contributed by atoms with van der Waals surface area (Å²) in [4.78, 5) is 24.2. The zero-order chi connectivity index (χ0) is 25.1. The second-order valence-electron chi connectivity index (χ2n) is 7.43. The summed E-state index contributed by atoms with van der Waals surface area (Å²) in [6, 6.07) is 8.18. The average Bonchev–Trinajstić information content (AvgIpc) is 2.78. The predicted molar refractivity (Wildman–Crippen MR) is 119 cm³/mol. The van der Waals surface area contributed by atoms with Gasteiger partial charge in [0.25, 0.3) is 11.6 Å². The molecule has 2 aromatic rings. The molecule has 0 radical (unpaired) electrons. The van der Waals surface area contributed by atoms with Crippen molar-refractivity contribution in [2.24, 2.45) is 0 Å². The molecule has 1 amide bonds. The number of hydrogen-bond acceptors (Lipinski definition) is 6. The molecular weight excluding hydrogens is 501 g/mol. The molecule has 1 heterocycles. The third kappa shape index (κ3) is 6.15. The van der Waals surface area contributed by atoms with Gasteiger partial charge in [0.05, 0.1) is 26.8 Å². The fourth-order valence-electron chi connectivity index (χ4n) is 3.42. The van der Waals surface area contributed by atoms with Crippen LogP contribution in [-0.4, -0.2) is 62.0 Å². The predicted octanol–water partition coefficient (Wildman–Crippen LogP) is 3.15. The molecule has 34 heavy (non-hydrogen) atoms. The minimum atomic E-state index is -4.47. The maximum Gasteiger partial charge on any atom is 0.416 e. The first kappa shape index (κ1) is 25.7. The van der Waals surface area contributed by atoms with Crippen molar-refractivity contribution < 1.29 is 31.3 Å². The van der Waals surface area contributed by atoms with E-state index in [4.69, 9.17) is 11.6 Å². The Labute approximate surface area is 198 Å². The number of nitro groups is 1. The SMILES string of the molecule is O=C(NCCS(=O)(=O)N1CCN(c2cccc(C(F)(F)F)c2)CC1)c1cc([N+](=O)[O-])ccc1Cl. The summed E-state index contributed by atoms with van der Waals surface area (Å²) in [5, 5.41) is 13.2. The molecule has 14 heteroatoms. The third-order valence-corrected chi connectivity index (χ3v) is 7.42. The van der Waals surface area contributed by atoms with Gasteiger partial charge < -0.3 is 10.2 Å². The molecule has 0 unspecified atom stereocenters. The van der Waals surface area contributed by atoms with Gasteiger partial charge in [-0.05, 0) is 24.3 Å². The summed E-state index contributed by atoms with van der Waals surface area (Å²) in [5.74, 6) is -1.17. The Morgan fingerprint density at radius 3 is 2.41 bits per heavy atom. The van der Waals surface area contributed by atoms with Crippen molar-refractivity contribution in [1.82, 2.24) is 9.62 Å². The summed E-state index contributed by atoms with van der Waals surface area (Å²) in [6.07, 6.45) is -4.47. The number of nitrogens with zero attached hydrogens (tertiary/aromatic N) is 3. The van der Waals surface area contributed by atoms with Crippen LogP contribution in [0.15, 0.2) is 42.5 Å². The number of non-ortho nitro benzene ring substituents is 1. The minimum Gasteiger partial charge on any atom is -0.369 e. The van der Waals surface area contributed by atoms with Crippen LogP contribution in [0.4, 0.5) is 24.5 Å². The zero-order valence-electron chi connectivity index (χ0n) is 17.6. The number of benzene rings is 2. The minimum absolute atomic E-state index is 0.0170. The smallest absolute Gasteiger partial charge is 0.369 e. The van der Waals surface area contributed by atoms with Gasteiger partial charge in [-0.2, -0.15) is 17.5 Å². The topological polar surface area (TPSA) is 113 Å². The van der Waals surface area contributed by atoms with E-state index in [2.05, 4.69) is 5.32 Å². The van der Waals surface area contributed by atoms with E-state index in [0.717, 1.165) is 24.3 Å². The highest BCUT2D eigenvalue weighted by Gasteiger charge is 2.32. The average molecular weight is 521 g/mol. The maximum absolute atomic E-state index is 12.9. The van der Waals surface area contributed by atoms with Crippen LogP contribution in [0, 0.1) is 10.1 Å². The molecule has 0 aliphatic carbocycles. The van der Waals surface area contributed by atoms with Gasteiger partial charge in [-0.1, -0.05) is 17.7 Å². The number of sulfonamides is 1. The van der Waals surface area contributed by atoms with Crippen LogP contribution in [0.2, 0.25) is 5.02 Å². The number of piperazine rings is 1. The van der Waals surface area contributed by atoms with Gasteiger partial charge in [0, 0.05) is 50.5 Å². The zero-order valence-corrected chi connectivity index (χ0v) is 19.2. The van der Waals surface area contributed by atoms with Crippen LogP contribution in [0.3, 0.4) is 0 Å². The number of halogens is 4. The molecule has 1 saturated heterocycles. The quantitative estimate of drug-likeness (QED) is 0.443. The van der Waals surface area contributed by atoms with Gasteiger partial charge in [0.2, 0.25) is 10.0 Å². The Morgan fingerprint density at radius 2 is 1.79 bits per heavy atom. The second kappa shape index (κ2) is 10.2. The number of carbonyl (C=O) groups is 1. The van der Waals surface area contributed by atoms with Gasteiger partial charge in [-0.25, -0.2) is 8.42 Å². The van der Waals surface area contributed by atoms with Crippen LogP contribution in [0.25, 0.3) is 0 Å². The number of amides is 1. The van der Waals surface area contributed by atoms with Gasteiger partial charge in [0.1, 0.15) is 0 Å². The van der Waals surface area contributed by atoms with Crippen LogP contribution < -0.4 is 10.2 Å². The van der Waals surface area contributed by atoms with E-state index < -0.39 is 38.3 Å². The van der Waals surface area contributed by atoms with Gasteiger partial charge in [-0.15, -0.1) is 0 Å². The number of hydrogen-bond donors (Lipinski definition) is 1. The van der Waals surface area contributed by atoms with Crippen LogP contribution in [0.5, 0.6) is 0 Å². The molecule has 0 bridgehead atoms. The van der Waals surface area contributed by atoms with E-state index in [1.54, 1.807) is 4.90 Å². The first-order chi connectivity index (χ1) is 15.9. The highest BCUT2D eigenvalue weighted by molar-refractivity contribution is 7.89. The summed E-state index contributed by atoms with van der Waals surface area (Å²) in [5.41, 5.74) is -0.906. The summed E-state index contributed by atoms with van der Waals surface area (Å²) >= 11 is 5.91. The van der Waals surface area contributed by atoms with E-state index in [0.29, 0.717) is 5.69 Å². The Kier molecular flexibility index (Phi) is 7.68. The number of nitro benzene ring substituents is 1. The second-order valence-corrected chi connectivity index (χ2v) is 9.92. The molecule has 1 aliphatic heterocycles. The Bertz CT molecular complexity index is 1180. The Hall–Kier alpha value is -2.90. The lowest BCUT2D eigenvalue weighted by Crippen LogP contribution is -2.50. The Morgan fingerprint density at radius 1 is 1.12 bits per heavy atom. The molecule has 0 saturated carbocycles. The number of rotatable bonds is 7. The highest BCUT2D eigenvalue weighted by Crippen LogP contribution is 2.32. The summed E-state index contributed by atoms with van der Waals surface area (Å²) in [7, 11) is -3.76. The standard InChI is InChI=1S/C20H20ClF3N4O5S/c21-18-5-4-16(28(30)31)13-17(18)19(29)25-6-11-34(32,33)27-9-7-26(8-10-27)15-3-1-2-14(12-15)20(22,23)24/h1-5,12-13H,6-11H2,(H,25,29). The molecule has 3 rings (SSSR count). The lowest BCUT2D eigenvalue weighted by molar-refractivity contribution is -0.384. The van der Waals surface area contributed by atoms with E-state index in [1.165, 1.54) is 22.5 Å². The number of alkyl halides is 3. The van der Waals surface area contributed by atoms with Crippen molar-refractivity contribution in [3.63, 3.8) is 0 Å². The van der Waals surface area contributed by atoms with Crippen molar-refractivity contribution in [1.29, 1.82) is 0 Å². The van der Waals surface area contributed by atoms with Crippen molar-refractivity contribution in [3.05, 3.63) is 68.7 Å². The van der Waals surface area contributed by atoms with E-state index in [-0.39, 0.29) is 49.0 Å². The van der Waals surface area contributed by atoms with Crippen molar-refractivity contribution >= 4 is 38.9 Å². The molecule has 0 aromatic heterocycles. The van der Waals surface area contributed by atoms with Crippen molar-refractivity contribution in [3.8, 4) is 0 Å². The number of carbonyl (C=O) groups excluding carboxylic acids is 1. The van der Waals surface area contributed by atoms with Crippen molar-refractivity contribution in [2.75, 3.05) is 43.4 Å². The lowest BCUT2D eigenvalue weighted by atomic mass is 10.1. The first-order valence-corrected chi connectivity index (χ1v) is 12.0. The van der Waals surface area contributed by atoms with Gasteiger partial charge in [-0.3, -0.25) is 14.9 Å². The van der Waals surface area contributed by atoms with Gasteiger partial charge >= 0.3 is 6.18 Å². The lowest BCUT2D eigenvalue weighted by Gasteiger charge is -2.35. The summed E-state index contributed by atoms with van der Waals surface area (Å²) in [6.45, 7) is 0.298. The monoisotopic (exact) mass is 520 g/mol. The largest absolute Gasteiger partial charge is 0.416 e. The van der Waals surface area contributed by atoms with E-state index >= 15 is 0 Å². The number of nitrogens with one attached hydrogen (secondary N) is 1. The molecular formula is C20H20ClF3N4O5S.